The van der Waals surface area contributed by atoms with Crippen molar-refractivity contribution in [2.45, 2.75) is 65.6 Å². The van der Waals surface area contributed by atoms with Gasteiger partial charge in [-0.3, -0.25) is 13.9 Å². The highest BCUT2D eigenvalue weighted by Gasteiger charge is 2.27. The molecule has 1 N–H and O–H groups in total. The van der Waals surface area contributed by atoms with E-state index in [-0.39, 0.29) is 50.6 Å². The molecular formula is C27H37N3O6S. The highest BCUT2D eigenvalue weighted by Crippen LogP contribution is 2.36. The maximum absolute atomic E-state index is 13.4. The number of nitrogens with zero attached hydrogens (tertiary/aromatic N) is 2. The summed E-state index contributed by atoms with van der Waals surface area (Å²) in [5, 5.41) is 2.95. The SMILES string of the molecule is CC[C@H](C)NC(=O)[C@H](C)N(Cc1ccc(C)cc1)C(=O)CCCN(c1ccc2c(c1)OCO2)S(C)(=O)=O. The fraction of sp³-hybridized carbons (Fsp3) is 0.481. The largest absolute Gasteiger partial charge is 0.454 e. The second-order valence-corrected chi connectivity index (χ2v) is 11.4. The summed E-state index contributed by atoms with van der Waals surface area (Å²) in [4.78, 5) is 27.8. The zero-order chi connectivity index (χ0) is 27.2. The Bertz CT molecular complexity index is 1200. The number of fused-ring (bicyclic) bond motifs is 1. The molecule has 202 valence electrons. The molecule has 1 aliphatic rings. The van der Waals surface area contributed by atoms with Crippen LogP contribution in [0.15, 0.2) is 42.5 Å². The first-order valence-electron chi connectivity index (χ1n) is 12.5. The third kappa shape index (κ3) is 7.61. The van der Waals surface area contributed by atoms with E-state index < -0.39 is 16.1 Å². The lowest BCUT2D eigenvalue weighted by atomic mass is 10.1. The lowest BCUT2D eigenvalue weighted by molar-refractivity contribution is -0.140. The van der Waals surface area contributed by atoms with E-state index in [1.807, 2.05) is 45.0 Å². The fourth-order valence-electron chi connectivity index (χ4n) is 3.98. The second-order valence-electron chi connectivity index (χ2n) is 9.48. The Morgan fingerprint density at radius 2 is 1.73 bits per heavy atom. The van der Waals surface area contributed by atoms with Crippen molar-refractivity contribution in [3.8, 4) is 11.5 Å². The van der Waals surface area contributed by atoms with Crippen molar-refractivity contribution in [2.75, 3.05) is 23.9 Å². The molecule has 0 aromatic heterocycles. The molecule has 0 bridgehead atoms. The van der Waals surface area contributed by atoms with Gasteiger partial charge in [0, 0.05) is 31.6 Å². The first-order chi connectivity index (χ1) is 17.5. The number of carbonyl (C=O) groups is 2. The minimum absolute atomic E-state index is 0.00343. The van der Waals surface area contributed by atoms with Crippen molar-refractivity contribution in [1.29, 1.82) is 0 Å². The molecule has 0 radical (unpaired) electrons. The van der Waals surface area contributed by atoms with Gasteiger partial charge < -0.3 is 19.7 Å². The van der Waals surface area contributed by atoms with Crippen LogP contribution < -0.4 is 19.1 Å². The predicted molar refractivity (Wildman–Crippen MR) is 143 cm³/mol. The van der Waals surface area contributed by atoms with Crippen LogP contribution in [0.25, 0.3) is 0 Å². The molecule has 0 aliphatic carbocycles. The van der Waals surface area contributed by atoms with Gasteiger partial charge in [0.1, 0.15) is 6.04 Å². The second kappa shape index (κ2) is 12.3. The van der Waals surface area contributed by atoms with Crippen molar-refractivity contribution in [3.63, 3.8) is 0 Å². The Hall–Kier alpha value is -3.27. The molecule has 10 heteroatoms. The van der Waals surface area contributed by atoms with E-state index in [0.717, 1.165) is 23.8 Å². The number of amides is 2. The van der Waals surface area contributed by atoms with Crippen molar-refractivity contribution in [3.05, 3.63) is 53.6 Å². The molecule has 3 rings (SSSR count). The third-order valence-electron chi connectivity index (χ3n) is 6.44. The molecular weight excluding hydrogens is 494 g/mol. The zero-order valence-electron chi connectivity index (χ0n) is 22.2. The normalized spacial score (nSPS) is 14.1. The summed E-state index contributed by atoms with van der Waals surface area (Å²) in [7, 11) is -3.60. The van der Waals surface area contributed by atoms with Gasteiger partial charge in [0.15, 0.2) is 11.5 Å². The van der Waals surface area contributed by atoms with Crippen molar-refractivity contribution in [2.24, 2.45) is 0 Å². The Balaban J connectivity index is 1.72. The fourth-order valence-corrected chi connectivity index (χ4v) is 4.94. The van der Waals surface area contributed by atoms with E-state index in [2.05, 4.69) is 5.32 Å². The van der Waals surface area contributed by atoms with Gasteiger partial charge in [-0.2, -0.15) is 0 Å². The Morgan fingerprint density at radius 3 is 2.38 bits per heavy atom. The smallest absolute Gasteiger partial charge is 0.242 e. The van der Waals surface area contributed by atoms with Gasteiger partial charge in [0.25, 0.3) is 0 Å². The minimum Gasteiger partial charge on any atom is -0.454 e. The topological polar surface area (TPSA) is 105 Å². The van der Waals surface area contributed by atoms with E-state index in [9.17, 15) is 18.0 Å². The summed E-state index contributed by atoms with van der Waals surface area (Å²) in [5.41, 5.74) is 2.46. The number of ether oxygens (including phenoxy) is 2. The summed E-state index contributed by atoms with van der Waals surface area (Å²) < 4.78 is 37.0. The molecule has 0 unspecified atom stereocenters. The van der Waals surface area contributed by atoms with Crippen LogP contribution >= 0.6 is 0 Å². The molecule has 1 aliphatic heterocycles. The van der Waals surface area contributed by atoms with Crippen LogP contribution in [0.5, 0.6) is 11.5 Å². The number of aryl methyl sites for hydroxylation is 1. The zero-order valence-corrected chi connectivity index (χ0v) is 23.0. The van der Waals surface area contributed by atoms with Gasteiger partial charge in [-0.25, -0.2) is 8.42 Å². The van der Waals surface area contributed by atoms with Gasteiger partial charge in [-0.05, 0) is 51.3 Å². The number of hydrogen-bond donors (Lipinski definition) is 1. The van der Waals surface area contributed by atoms with Crippen LogP contribution in [-0.2, 0) is 26.2 Å². The van der Waals surface area contributed by atoms with Gasteiger partial charge in [0.05, 0.1) is 11.9 Å². The van der Waals surface area contributed by atoms with Crippen molar-refractivity contribution < 1.29 is 27.5 Å². The van der Waals surface area contributed by atoms with Crippen LogP contribution in [0, 0.1) is 6.92 Å². The molecule has 0 fully saturated rings. The minimum atomic E-state index is -3.60. The first-order valence-corrected chi connectivity index (χ1v) is 14.4. The van der Waals surface area contributed by atoms with Crippen LogP contribution in [0.3, 0.4) is 0 Å². The summed E-state index contributed by atoms with van der Waals surface area (Å²) in [6.45, 7) is 8.10. The van der Waals surface area contributed by atoms with Crippen LogP contribution in [-0.4, -0.2) is 56.8 Å². The average Bonchev–Trinajstić information content (AvgIpc) is 3.32. The molecule has 1 heterocycles. The molecule has 0 spiro atoms. The number of rotatable bonds is 12. The van der Waals surface area contributed by atoms with Crippen LogP contribution in [0.4, 0.5) is 5.69 Å². The number of nitrogens with one attached hydrogen (secondary N) is 1. The molecule has 0 saturated heterocycles. The summed E-state index contributed by atoms with van der Waals surface area (Å²) in [6.07, 6.45) is 2.28. The van der Waals surface area contributed by atoms with Gasteiger partial charge in [-0.1, -0.05) is 36.8 Å². The van der Waals surface area contributed by atoms with E-state index in [1.54, 1.807) is 30.0 Å². The van der Waals surface area contributed by atoms with Crippen molar-refractivity contribution in [1.82, 2.24) is 10.2 Å². The summed E-state index contributed by atoms with van der Waals surface area (Å²) >= 11 is 0. The van der Waals surface area contributed by atoms with Gasteiger partial charge in [-0.15, -0.1) is 0 Å². The maximum atomic E-state index is 13.4. The number of anilines is 1. The third-order valence-corrected chi connectivity index (χ3v) is 7.63. The maximum Gasteiger partial charge on any atom is 0.242 e. The van der Waals surface area contributed by atoms with E-state index in [1.165, 1.54) is 4.31 Å². The quantitative estimate of drug-likeness (QED) is 0.449. The number of hydrogen-bond acceptors (Lipinski definition) is 6. The lowest BCUT2D eigenvalue weighted by Crippen LogP contribution is -2.49. The Morgan fingerprint density at radius 1 is 1.05 bits per heavy atom. The summed E-state index contributed by atoms with van der Waals surface area (Å²) in [6, 6.07) is 12.1. The molecule has 0 saturated carbocycles. The van der Waals surface area contributed by atoms with Crippen LogP contribution in [0.1, 0.15) is 51.2 Å². The first kappa shape index (κ1) is 28.3. The van der Waals surface area contributed by atoms with Crippen LogP contribution in [0.2, 0.25) is 0 Å². The average molecular weight is 532 g/mol. The molecule has 9 nitrogen and oxygen atoms in total. The standard InChI is InChI=1S/C27H37N3O6S/c1-6-20(3)28-27(32)21(4)29(17-22-11-9-19(2)10-12-22)26(31)8-7-15-30(37(5,33)34)23-13-14-24-25(16-23)36-18-35-24/h9-14,16,20-21H,6-8,15,17-18H2,1-5H3,(H,28,32)/t20-,21-/m0/s1. The van der Waals surface area contributed by atoms with E-state index in [4.69, 9.17) is 9.47 Å². The molecule has 37 heavy (non-hydrogen) atoms. The molecule has 2 aromatic rings. The Labute approximate surface area is 219 Å². The number of carbonyl (C=O) groups excluding carboxylic acids is 2. The highest BCUT2D eigenvalue weighted by molar-refractivity contribution is 7.92. The summed E-state index contributed by atoms with van der Waals surface area (Å²) in [5.74, 6) is 0.607. The molecule has 2 amide bonds. The molecule has 2 aromatic carbocycles. The van der Waals surface area contributed by atoms with E-state index in [0.29, 0.717) is 17.2 Å². The number of sulfonamides is 1. The highest BCUT2D eigenvalue weighted by atomic mass is 32.2. The van der Waals surface area contributed by atoms with Gasteiger partial charge >= 0.3 is 0 Å². The predicted octanol–water partition coefficient (Wildman–Crippen LogP) is 3.60. The van der Waals surface area contributed by atoms with E-state index >= 15 is 0 Å². The Kier molecular flexibility index (Phi) is 9.42. The van der Waals surface area contributed by atoms with Crippen molar-refractivity contribution >= 4 is 27.5 Å². The number of benzene rings is 2. The monoisotopic (exact) mass is 531 g/mol. The van der Waals surface area contributed by atoms with Gasteiger partial charge in [0.2, 0.25) is 28.6 Å². The molecule has 2 atom stereocenters. The lowest BCUT2D eigenvalue weighted by Gasteiger charge is -2.30.